The molecule has 41 heavy (non-hydrogen) atoms. The summed E-state index contributed by atoms with van der Waals surface area (Å²) >= 11 is 0. The third kappa shape index (κ3) is 5.91. The molecule has 0 fully saturated rings. The van der Waals surface area contributed by atoms with E-state index < -0.39 is 31.3 Å². The van der Waals surface area contributed by atoms with E-state index >= 15 is 0 Å². The molecule has 0 bridgehead atoms. The van der Waals surface area contributed by atoms with Crippen LogP contribution in [0.4, 0.5) is 5.69 Å². The molecule has 216 valence electrons. The molecule has 4 aromatic rings. The number of aliphatic hydroxyl groups is 3. The molecule has 1 aromatic heterocycles. The number of fused-ring (bicyclic) bond motifs is 1. The minimum absolute atomic E-state index is 0.0256. The van der Waals surface area contributed by atoms with Gasteiger partial charge in [0.15, 0.2) is 5.78 Å². The molecule has 0 aliphatic carbocycles. The van der Waals surface area contributed by atoms with Crippen molar-refractivity contribution in [1.82, 2.24) is 5.32 Å². The fraction of sp³-hybridized carbons (Fsp3) is 0.333. The van der Waals surface area contributed by atoms with Crippen molar-refractivity contribution in [3.05, 3.63) is 77.4 Å². The van der Waals surface area contributed by atoms with Crippen LogP contribution in [0.15, 0.2) is 65.1 Å². The van der Waals surface area contributed by atoms with Crippen LogP contribution in [-0.2, 0) is 0 Å². The Morgan fingerprint density at radius 3 is 2.12 bits per heavy atom. The van der Waals surface area contributed by atoms with Crippen molar-refractivity contribution < 1.29 is 29.3 Å². The molecule has 1 amide bonds. The Balaban J connectivity index is 1.93. The molecule has 0 spiro atoms. The van der Waals surface area contributed by atoms with Crippen LogP contribution >= 0.6 is 0 Å². The number of nitrogens with one attached hydrogen (secondary N) is 1. The number of nitrogens with zero attached hydrogens (tertiary/aromatic N) is 1. The van der Waals surface area contributed by atoms with Crippen molar-refractivity contribution in [3.63, 3.8) is 0 Å². The van der Waals surface area contributed by atoms with Gasteiger partial charge >= 0.3 is 0 Å². The van der Waals surface area contributed by atoms with E-state index in [9.17, 15) is 24.9 Å². The van der Waals surface area contributed by atoms with Gasteiger partial charge in [-0.15, -0.1) is 0 Å². The molecule has 4 N–H and O–H groups in total. The molecule has 0 atom stereocenters. The van der Waals surface area contributed by atoms with Crippen LogP contribution in [0, 0.1) is 6.92 Å². The van der Waals surface area contributed by atoms with Crippen molar-refractivity contribution in [2.45, 2.75) is 39.7 Å². The Hall–Kier alpha value is -3.98. The van der Waals surface area contributed by atoms with Crippen LogP contribution in [-0.4, -0.2) is 65.5 Å². The van der Waals surface area contributed by atoms with Crippen molar-refractivity contribution in [1.29, 1.82) is 0 Å². The third-order valence-electron chi connectivity index (χ3n) is 7.55. The Labute approximate surface area is 240 Å². The quantitative estimate of drug-likeness (QED) is 0.181. The number of ketones is 1. The number of hydrogen-bond acceptors (Lipinski definition) is 7. The Morgan fingerprint density at radius 1 is 0.878 bits per heavy atom. The lowest BCUT2D eigenvalue weighted by molar-refractivity contribution is 0.0375. The average Bonchev–Trinajstić information content (AvgIpc) is 3.38. The lowest BCUT2D eigenvalue weighted by atomic mass is 9.95. The van der Waals surface area contributed by atoms with Gasteiger partial charge in [-0.3, -0.25) is 9.59 Å². The van der Waals surface area contributed by atoms with E-state index in [0.717, 1.165) is 41.0 Å². The van der Waals surface area contributed by atoms with E-state index in [2.05, 4.69) is 24.1 Å². The highest BCUT2D eigenvalue weighted by atomic mass is 16.3. The number of aryl methyl sites for hydroxylation is 1. The van der Waals surface area contributed by atoms with Crippen LogP contribution < -0.4 is 10.2 Å². The van der Waals surface area contributed by atoms with Crippen LogP contribution in [0.2, 0.25) is 0 Å². The van der Waals surface area contributed by atoms with Crippen LogP contribution in [0.1, 0.15) is 53.5 Å². The zero-order chi connectivity index (χ0) is 29.7. The van der Waals surface area contributed by atoms with E-state index in [1.54, 1.807) is 18.2 Å². The normalized spacial score (nSPS) is 11.6. The first kappa shape index (κ1) is 30.0. The number of benzene rings is 3. The molecule has 0 aliphatic rings. The molecule has 0 saturated carbocycles. The van der Waals surface area contributed by atoms with Crippen LogP contribution in [0.3, 0.4) is 0 Å². The molecule has 0 saturated heterocycles. The van der Waals surface area contributed by atoms with Crippen molar-refractivity contribution in [3.8, 4) is 22.5 Å². The maximum absolute atomic E-state index is 13.3. The monoisotopic (exact) mass is 558 g/mol. The summed E-state index contributed by atoms with van der Waals surface area (Å²) in [5.74, 6) is -0.0281. The summed E-state index contributed by atoms with van der Waals surface area (Å²) in [6.07, 6.45) is 0.318. The standard InChI is InChI=1S/C33H38N2O6/c1-5-28(39)30-26-16-25(23-9-8-10-24(15-23)32(40)34-33(18-36,19-37)20-38)27(35(6-2)7-3)17-29(26)41-31(30)22-13-11-21(4)12-14-22/h8-17,36-38H,5-7,18-20H2,1-4H3,(H,34,40). The number of rotatable bonds is 12. The number of furan rings is 1. The highest BCUT2D eigenvalue weighted by Crippen LogP contribution is 2.41. The zero-order valence-electron chi connectivity index (χ0n) is 24.0. The van der Waals surface area contributed by atoms with Gasteiger partial charge in [0.05, 0.1) is 25.4 Å². The molecule has 0 aliphatic heterocycles. The van der Waals surface area contributed by atoms with Gasteiger partial charge in [-0.2, -0.15) is 0 Å². The maximum atomic E-state index is 13.3. The first-order valence-electron chi connectivity index (χ1n) is 14.0. The largest absolute Gasteiger partial charge is 0.455 e. The summed E-state index contributed by atoms with van der Waals surface area (Å²) in [4.78, 5) is 28.6. The molecular formula is C33H38N2O6. The van der Waals surface area contributed by atoms with Gasteiger partial charge < -0.3 is 30.0 Å². The van der Waals surface area contributed by atoms with Gasteiger partial charge in [0.1, 0.15) is 16.9 Å². The summed E-state index contributed by atoms with van der Waals surface area (Å²) in [6, 6.07) is 18.8. The van der Waals surface area contributed by atoms with E-state index in [1.165, 1.54) is 0 Å². The SMILES string of the molecule is CCC(=O)c1c(-c2ccc(C)cc2)oc2cc(N(CC)CC)c(-c3cccc(C(=O)NC(CO)(CO)CO)c3)cc12. The summed E-state index contributed by atoms with van der Waals surface area (Å²) in [5, 5.41) is 32.3. The predicted molar refractivity (Wildman–Crippen MR) is 161 cm³/mol. The number of carbonyl (C=O) groups excluding carboxylic acids is 2. The topological polar surface area (TPSA) is 123 Å². The average molecular weight is 559 g/mol. The minimum Gasteiger partial charge on any atom is -0.455 e. The zero-order valence-corrected chi connectivity index (χ0v) is 24.0. The highest BCUT2D eigenvalue weighted by molar-refractivity contribution is 6.13. The summed E-state index contributed by atoms with van der Waals surface area (Å²) < 4.78 is 6.39. The number of anilines is 1. The van der Waals surface area contributed by atoms with E-state index in [4.69, 9.17) is 4.42 Å². The Bertz CT molecular complexity index is 1520. The lowest BCUT2D eigenvalue weighted by Gasteiger charge is -2.28. The smallest absolute Gasteiger partial charge is 0.251 e. The summed E-state index contributed by atoms with van der Waals surface area (Å²) in [7, 11) is 0. The van der Waals surface area contributed by atoms with Gasteiger partial charge in [-0.05, 0) is 44.5 Å². The van der Waals surface area contributed by atoms with Crippen LogP contribution in [0.5, 0.6) is 0 Å². The Kier molecular flexibility index (Phi) is 9.28. The fourth-order valence-corrected chi connectivity index (χ4v) is 4.96. The Morgan fingerprint density at radius 2 is 1.54 bits per heavy atom. The van der Waals surface area contributed by atoms with Crippen molar-refractivity contribution >= 4 is 28.3 Å². The molecule has 0 radical (unpaired) electrons. The number of aliphatic hydroxyl groups excluding tert-OH is 3. The number of amides is 1. The van der Waals surface area contributed by atoms with E-state index in [-0.39, 0.29) is 5.78 Å². The number of hydrogen-bond donors (Lipinski definition) is 4. The fourth-order valence-electron chi connectivity index (χ4n) is 4.96. The molecule has 8 heteroatoms. The highest BCUT2D eigenvalue weighted by Gasteiger charge is 2.30. The van der Waals surface area contributed by atoms with Gasteiger partial charge in [-0.1, -0.05) is 48.9 Å². The first-order chi connectivity index (χ1) is 19.7. The maximum Gasteiger partial charge on any atom is 0.251 e. The van der Waals surface area contributed by atoms with Gasteiger partial charge in [0.25, 0.3) is 5.91 Å². The number of carbonyl (C=O) groups is 2. The second kappa shape index (κ2) is 12.7. The predicted octanol–water partition coefficient (Wildman–Crippen LogP) is 4.96. The second-order valence-corrected chi connectivity index (χ2v) is 10.3. The second-order valence-electron chi connectivity index (χ2n) is 10.3. The van der Waals surface area contributed by atoms with Gasteiger partial charge in [0.2, 0.25) is 0 Å². The first-order valence-corrected chi connectivity index (χ1v) is 14.0. The van der Waals surface area contributed by atoms with Crippen molar-refractivity contribution in [2.75, 3.05) is 37.8 Å². The minimum atomic E-state index is -1.54. The van der Waals surface area contributed by atoms with Crippen LogP contribution in [0.25, 0.3) is 33.4 Å². The lowest BCUT2D eigenvalue weighted by Crippen LogP contribution is -2.57. The molecule has 0 unspecified atom stereocenters. The molecule has 8 nitrogen and oxygen atoms in total. The molecule has 1 heterocycles. The molecule has 3 aromatic carbocycles. The van der Waals surface area contributed by atoms with E-state index in [0.29, 0.717) is 34.3 Å². The third-order valence-corrected chi connectivity index (χ3v) is 7.55. The summed E-state index contributed by atoms with van der Waals surface area (Å²) in [5.41, 5.74) is 4.30. The van der Waals surface area contributed by atoms with E-state index in [1.807, 2.05) is 56.3 Å². The van der Waals surface area contributed by atoms with Crippen molar-refractivity contribution in [2.24, 2.45) is 0 Å². The molecular weight excluding hydrogens is 520 g/mol. The summed E-state index contributed by atoms with van der Waals surface area (Å²) in [6.45, 7) is 7.57. The van der Waals surface area contributed by atoms with Gasteiger partial charge in [-0.25, -0.2) is 0 Å². The number of Topliss-reactive ketones (excluding diaryl/α,β-unsaturated/α-hetero) is 1. The van der Waals surface area contributed by atoms with Gasteiger partial charge in [0, 0.05) is 53.3 Å². The molecule has 4 rings (SSSR count).